The summed E-state index contributed by atoms with van der Waals surface area (Å²) in [5.74, 6) is 0. The Kier molecular flexibility index (Phi) is 5.11. The van der Waals surface area contributed by atoms with Crippen LogP contribution in [0.5, 0.6) is 0 Å². The molecule has 3 nitrogen and oxygen atoms in total. The van der Waals surface area contributed by atoms with Gasteiger partial charge in [-0.2, -0.15) is 0 Å². The number of rotatable bonds is 1. The van der Waals surface area contributed by atoms with Crippen molar-refractivity contribution in [3.05, 3.63) is 30.1 Å². The Hall–Kier alpha value is -0.380. The van der Waals surface area contributed by atoms with Crippen LogP contribution in [0.1, 0.15) is 5.69 Å². The molecule has 0 aliphatic rings. The number of aryl methyl sites for hydroxylation is 1. The molecule has 0 radical (unpaired) electrons. The molecular weight excluding hydrogens is 151 g/mol. The van der Waals surface area contributed by atoms with Crippen LogP contribution < -0.4 is 4.57 Å². The van der Waals surface area contributed by atoms with Gasteiger partial charge in [0.15, 0.2) is 6.20 Å². The van der Waals surface area contributed by atoms with E-state index in [2.05, 4.69) is 5.16 Å². The van der Waals surface area contributed by atoms with E-state index in [1.165, 1.54) is 6.21 Å². The normalized spacial score (nSPS) is 9.55. The van der Waals surface area contributed by atoms with Crippen molar-refractivity contribution in [3.8, 4) is 0 Å². The van der Waals surface area contributed by atoms with E-state index < -0.39 is 0 Å². The molecule has 0 aromatic carbocycles. The number of hydrogen-bond acceptors (Lipinski definition) is 2. The van der Waals surface area contributed by atoms with Crippen LogP contribution in [0.4, 0.5) is 0 Å². The van der Waals surface area contributed by atoms with Gasteiger partial charge in [-0.1, -0.05) is 5.16 Å². The number of oxime groups is 1. The second-order valence-electron chi connectivity index (χ2n) is 1.98. The molecule has 0 aliphatic carbocycles. The van der Waals surface area contributed by atoms with E-state index in [0.29, 0.717) is 0 Å². The van der Waals surface area contributed by atoms with E-state index in [9.17, 15) is 0 Å². The van der Waals surface area contributed by atoms with Crippen molar-refractivity contribution < 1.29 is 9.77 Å². The Morgan fingerprint density at radius 3 is 2.82 bits per heavy atom. The SMILES string of the molecule is C[n+]1ccccc1C=NO.[NaH]. The van der Waals surface area contributed by atoms with Gasteiger partial charge in [-0.25, -0.2) is 4.57 Å². The molecule has 0 aliphatic heterocycles. The molecular formula is C7H10N2NaO+. The standard InChI is InChI=1S/C7H8N2O.Na.H/c1-9-5-3-2-4-7(9)6-8-10;;/h2-6H,1H3;;/p+1. The van der Waals surface area contributed by atoms with Gasteiger partial charge in [-0.15, -0.1) is 0 Å². The molecule has 1 N–H and O–H groups in total. The van der Waals surface area contributed by atoms with Gasteiger partial charge in [-0.3, -0.25) is 0 Å². The molecule has 0 unspecified atom stereocenters. The summed E-state index contributed by atoms with van der Waals surface area (Å²) in [4.78, 5) is 0. The first-order chi connectivity index (χ1) is 4.84. The van der Waals surface area contributed by atoms with Crippen LogP contribution in [0.3, 0.4) is 0 Å². The fraction of sp³-hybridized carbons (Fsp3) is 0.143. The van der Waals surface area contributed by atoms with Gasteiger partial charge < -0.3 is 5.21 Å². The van der Waals surface area contributed by atoms with Gasteiger partial charge in [0, 0.05) is 12.1 Å². The van der Waals surface area contributed by atoms with Gasteiger partial charge in [-0.05, 0) is 6.07 Å². The predicted octanol–water partition coefficient (Wildman–Crippen LogP) is -0.329. The van der Waals surface area contributed by atoms with Crippen molar-refractivity contribution in [2.45, 2.75) is 0 Å². The minimum absolute atomic E-state index is 0. The Balaban J connectivity index is 0.000001000. The number of hydrogen-bond donors (Lipinski definition) is 1. The average Bonchev–Trinajstić information content (AvgIpc) is 1.94. The summed E-state index contributed by atoms with van der Waals surface area (Å²) < 4.78 is 1.86. The van der Waals surface area contributed by atoms with Crippen molar-refractivity contribution in [2.75, 3.05) is 0 Å². The molecule has 11 heavy (non-hydrogen) atoms. The molecule has 0 atom stereocenters. The van der Waals surface area contributed by atoms with Crippen molar-refractivity contribution in [2.24, 2.45) is 12.2 Å². The van der Waals surface area contributed by atoms with Gasteiger partial charge in [0.25, 0.3) is 0 Å². The van der Waals surface area contributed by atoms with E-state index in [1.807, 2.05) is 36.0 Å². The molecule has 0 fully saturated rings. The topological polar surface area (TPSA) is 36.5 Å². The van der Waals surface area contributed by atoms with Crippen LogP contribution in [-0.4, -0.2) is 41.0 Å². The summed E-state index contributed by atoms with van der Waals surface area (Å²) >= 11 is 0. The first kappa shape index (κ1) is 10.6. The van der Waals surface area contributed by atoms with Gasteiger partial charge in [0.1, 0.15) is 13.3 Å². The van der Waals surface area contributed by atoms with E-state index in [1.54, 1.807) is 0 Å². The third kappa shape index (κ3) is 3.01. The maximum atomic E-state index is 8.20. The van der Waals surface area contributed by atoms with Crippen LogP contribution >= 0.6 is 0 Å². The van der Waals surface area contributed by atoms with Crippen LogP contribution in [0.25, 0.3) is 0 Å². The molecule has 1 heterocycles. The molecule has 0 saturated heterocycles. The van der Waals surface area contributed by atoms with Gasteiger partial charge in [0.05, 0.1) is 0 Å². The zero-order chi connectivity index (χ0) is 7.40. The second kappa shape index (κ2) is 5.29. The molecule has 0 bridgehead atoms. The monoisotopic (exact) mass is 161 g/mol. The molecule has 54 valence electrons. The van der Waals surface area contributed by atoms with E-state index in [0.717, 1.165) is 5.69 Å². The Morgan fingerprint density at radius 1 is 1.55 bits per heavy atom. The zero-order valence-electron chi connectivity index (χ0n) is 5.73. The fourth-order valence-electron chi connectivity index (χ4n) is 0.730. The van der Waals surface area contributed by atoms with E-state index >= 15 is 0 Å². The van der Waals surface area contributed by atoms with Crippen molar-refractivity contribution in [1.82, 2.24) is 0 Å². The summed E-state index contributed by atoms with van der Waals surface area (Å²) in [6.07, 6.45) is 3.27. The number of pyridine rings is 1. The number of nitrogens with zero attached hydrogens (tertiary/aromatic N) is 2. The van der Waals surface area contributed by atoms with Crippen LogP contribution in [0, 0.1) is 0 Å². The van der Waals surface area contributed by atoms with Crippen molar-refractivity contribution >= 4 is 35.8 Å². The summed E-state index contributed by atoms with van der Waals surface area (Å²) in [7, 11) is 1.89. The van der Waals surface area contributed by atoms with Crippen LogP contribution in [0.15, 0.2) is 29.6 Å². The first-order valence-electron chi connectivity index (χ1n) is 2.96. The molecule has 4 heteroatoms. The van der Waals surface area contributed by atoms with E-state index in [4.69, 9.17) is 5.21 Å². The number of aromatic nitrogens is 1. The van der Waals surface area contributed by atoms with E-state index in [-0.39, 0.29) is 29.6 Å². The quantitative estimate of drug-likeness (QED) is 0.198. The first-order valence-corrected chi connectivity index (χ1v) is 2.96. The predicted molar refractivity (Wildman–Crippen MR) is 44.1 cm³/mol. The molecule has 0 spiro atoms. The molecule has 0 saturated carbocycles. The summed E-state index contributed by atoms with van der Waals surface area (Å²) in [6, 6.07) is 5.66. The van der Waals surface area contributed by atoms with Crippen molar-refractivity contribution in [1.29, 1.82) is 0 Å². The molecule has 1 aromatic heterocycles. The van der Waals surface area contributed by atoms with Gasteiger partial charge in [0.2, 0.25) is 5.69 Å². The van der Waals surface area contributed by atoms with Crippen LogP contribution in [-0.2, 0) is 7.05 Å². The third-order valence-corrected chi connectivity index (χ3v) is 1.29. The summed E-state index contributed by atoms with van der Waals surface area (Å²) in [5.41, 5.74) is 0.866. The average molecular weight is 161 g/mol. The Bertz CT molecular complexity index is 250. The Morgan fingerprint density at radius 2 is 2.27 bits per heavy atom. The van der Waals surface area contributed by atoms with Crippen LogP contribution in [0.2, 0.25) is 0 Å². The molecule has 1 aromatic rings. The molecule has 0 amide bonds. The second-order valence-corrected chi connectivity index (χ2v) is 1.98. The maximum absolute atomic E-state index is 8.20. The minimum atomic E-state index is 0. The fourth-order valence-corrected chi connectivity index (χ4v) is 0.730. The summed E-state index contributed by atoms with van der Waals surface area (Å²) in [6.45, 7) is 0. The molecule has 1 rings (SSSR count). The van der Waals surface area contributed by atoms with Crippen molar-refractivity contribution in [3.63, 3.8) is 0 Å². The summed E-state index contributed by atoms with van der Waals surface area (Å²) in [5, 5.41) is 11.1. The Labute approximate surface area is 87.6 Å². The third-order valence-electron chi connectivity index (χ3n) is 1.29. The van der Waals surface area contributed by atoms with Gasteiger partial charge >= 0.3 is 29.6 Å². The zero-order valence-corrected chi connectivity index (χ0v) is 5.73.